The molecular weight excluding hydrogens is 294 g/mol. The lowest BCUT2D eigenvalue weighted by Crippen LogP contribution is -2.48. The van der Waals surface area contributed by atoms with Crippen LogP contribution in [0.5, 0.6) is 0 Å². The predicted molar refractivity (Wildman–Crippen MR) is 88.1 cm³/mol. The van der Waals surface area contributed by atoms with Gasteiger partial charge in [-0.25, -0.2) is 0 Å². The van der Waals surface area contributed by atoms with Gasteiger partial charge in [0.15, 0.2) is 0 Å². The molecule has 1 aliphatic heterocycles. The van der Waals surface area contributed by atoms with E-state index in [4.69, 9.17) is 4.42 Å². The molecule has 1 atom stereocenters. The van der Waals surface area contributed by atoms with Gasteiger partial charge in [-0.05, 0) is 37.8 Å². The monoisotopic (exact) mass is 321 g/mol. The fourth-order valence-corrected chi connectivity index (χ4v) is 2.97. The molecule has 2 N–H and O–H groups in total. The Hall–Kier alpha value is -1.82. The molecule has 0 unspecified atom stereocenters. The number of hydrogen-bond acceptors (Lipinski definition) is 4. The van der Waals surface area contributed by atoms with E-state index < -0.39 is 6.04 Å². The van der Waals surface area contributed by atoms with Crippen molar-refractivity contribution < 1.29 is 14.0 Å². The van der Waals surface area contributed by atoms with Gasteiger partial charge in [-0.3, -0.25) is 9.59 Å². The van der Waals surface area contributed by atoms with Crippen molar-refractivity contribution in [3.63, 3.8) is 0 Å². The van der Waals surface area contributed by atoms with E-state index in [-0.39, 0.29) is 11.8 Å². The topological polar surface area (TPSA) is 74.6 Å². The van der Waals surface area contributed by atoms with Crippen LogP contribution in [0.4, 0.5) is 0 Å². The van der Waals surface area contributed by atoms with Gasteiger partial charge in [0, 0.05) is 19.6 Å². The maximum Gasteiger partial charge on any atom is 0.255 e. The summed E-state index contributed by atoms with van der Waals surface area (Å²) in [7, 11) is 0. The Kier molecular flexibility index (Phi) is 5.82. The molecule has 2 amide bonds. The number of hydrogen-bond donors (Lipinski definition) is 2. The van der Waals surface area contributed by atoms with Crippen LogP contribution < -0.4 is 10.6 Å². The maximum absolute atomic E-state index is 12.0. The number of piperidine rings is 1. The molecule has 0 aromatic carbocycles. The largest absolute Gasteiger partial charge is 0.472 e. The quantitative estimate of drug-likeness (QED) is 0.835. The van der Waals surface area contributed by atoms with Crippen LogP contribution in [0.1, 0.15) is 44.0 Å². The summed E-state index contributed by atoms with van der Waals surface area (Å²) in [5.41, 5.74) is 0.772. The van der Waals surface area contributed by atoms with Gasteiger partial charge in [0.05, 0.1) is 11.8 Å². The molecule has 1 aromatic rings. The molecule has 0 radical (unpaired) electrons. The number of nitrogens with one attached hydrogen (secondary N) is 2. The summed E-state index contributed by atoms with van der Waals surface area (Å²) in [6.45, 7) is 9.84. The summed E-state index contributed by atoms with van der Waals surface area (Å²) in [5.74, 6) is -0.475. The van der Waals surface area contributed by atoms with Gasteiger partial charge in [-0.15, -0.1) is 0 Å². The first-order valence-corrected chi connectivity index (χ1v) is 8.20. The molecule has 2 rings (SSSR count). The lowest BCUT2D eigenvalue weighted by molar-refractivity contribution is -0.122. The second kappa shape index (κ2) is 7.64. The standard InChI is InChI=1S/C17H27N3O3/c1-13(19-16(22)14-5-10-23-11-14)15(21)18-7-9-20-8-4-6-17(2,3)12-20/h5,10-11,13H,4,6-9,12H2,1-3H3,(H,18,21)(H,19,22)/t13-/m1/s1. The zero-order valence-corrected chi connectivity index (χ0v) is 14.2. The van der Waals surface area contributed by atoms with Crippen molar-refractivity contribution in [2.45, 2.75) is 39.7 Å². The van der Waals surface area contributed by atoms with Crippen LogP contribution in [0.2, 0.25) is 0 Å². The fourth-order valence-electron chi connectivity index (χ4n) is 2.97. The van der Waals surface area contributed by atoms with E-state index in [0.29, 0.717) is 17.5 Å². The highest BCUT2D eigenvalue weighted by molar-refractivity contribution is 5.97. The Morgan fingerprint density at radius 3 is 2.87 bits per heavy atom. The van der Waals surface area contributed by atoms with Gasteiger partial charge in [-0.2, -0.15) is 0 Å². The second-order valence-corrected chi connectivity index (χ2v) is 7.04. The molecule has 2 heterocycles. The van der Waals surface area contributed by atoms with Gasteiger partial charge >= 0.3 is 0 Å². The summed E-state index contributed by atoms with van der Waals surface area (Å²) in [6.07, 6.45) is 5.25. The third-order valence-corrected chi connectivity index (χ3v) is 4.23. The second-order valence-electron chi connectivity index (χ2n) is 7.04. The molecule has 6 heteroatoms. The molecule has 0 spiro atoms. The SMILES string of the molecule is C[C@@H](NC(=O)c1ccoc1)C(=O)NCCN1CCCC(C)(C)C1. The first-order chi connectivity index (χ1) is 10.9. The molecular formula is C17H27N3O3. The molecule has 1 aliphatic rings. The molecule has 1 aromatic heterocycles. The minimum absolute atomic E-state index is 0.168. The Bertz CT molecular complexity index is 525. The van der Waals surface area contributed by atoms with Crippen molar-refractivity contribution in [3.05, 3.63) is 24.2 Å². The molecule has 6 nitrogen and oxygen atoms in total. The smallest absolute Gasteiger partial charge is 0.255 e. The third-order valence-electron chi connectivity index (χ3n) is 4.23. The molecule has 128 valence electrons. The summed E-state index contributed by atoms with van der Waals surface area (Å²) < 4.78 is 4.86. The number of amides is 2. The number of likely N-dealkylation sites (tertiary alicyclic amines) is 1. The molecule has 0 aliphatic carbocycles. The first kappa shape index (κ1) is 17.5. The van der Waals surface area contributed by atoms with Crippen molar-refractivity contribution in [1.29, 1.82) is 0 Å². The molecule has 0 saturated carbocycles. The summed E-state index contributed by atoms with van der Waals surface area (Å²) in [4.78, 5) is 26.3. The summed E-state index contributed by atoms with van der Waals surface area (Å²) in [6, 6.07) is 0.994. The van der Waals surface area contributed by atoms with Crippen LogP contribution >= 0.6 is 0 Å². The van der Waals surface area contributed by atoms with Crippen LogP contribution in [-0.2, 0) is 4.79 Å². The van der Waals surface area contributed by atoms with E-state index in [1.165, 1.54) is 25.4 Å². The van der Waals surface area contributed by atoms with Gasteiger partial charge in [0.1, 0.15) is 12.3 Å². The van der Waals surface area contributed by atoms with Crippen LogP contribution in [0.3, 0.4) is 0 Å². The average molecular weight is 321 g/mol. The van der Waals surface area contributed by atoms with E-state index in [1.54, 1.807) is 13.0 Å². The average Bonchev–Trinajstić information content (AvgIpc) is 3.00. The summed E-state index contributed by atoms with van der Waals surface area (Å²) in [5, 5.41) is 5.55. The van der Waals surface area contributed by atoms with Crippen molar-refractivity contribution >= 4 is 11.8 Å². The van der Waals surface area contributed by atoms with E-state index in [9.17, 15) is 9.59 Å². The molecule has 0 bridgehead atoms. The zero-order valence-electron chi connectivity index (χ0n) is 14.2. The lowest BCUT2D eigenvalue weighted by atomic mass is 9.84. The minimum Gasteiger partial charge on any atom is -0.472 e. The van der Waals surface area contributed by atoms with E-state index in [2.05, 4.69) is 29.4 Å². The van der Waals surface area contributed by atoms with E-state index >= 15 is 0 Å². The minimum atomic E-state index is -0.574. The molecule has 1 saturated heterocycles. The maximum atomic E-state index is 12.0. The summed E-state index contributed by atoms with van der Waals surface area (Å²) >= 11 is 0. The van der Waals surface area contributed by atoms with Crippen molar-refractivity contribution in [2.24, 2.45) is 5.41 Å². The van der Waals surface area contributed by atoms with Gasteiger partial charge in [0.2, 0.25) is 5.91 Å². The highest BCUT2D eigenvalue weighted by atomic mass is 16.3. The van der Waals surface area contributed by atoms with Crippen LogP contribution in [-0.4, -0.2) is 48.9 Å². The van der Waals surface area contributed by atoms with Crippen LogP contribution in [0.25, 0.3) is 0 Å². The Morgan fingerprint density at radius 2 is 2.22 bits per heavy atom. The van der Waals surface area contributed by atoms with Gasteiger partial charge < -0.3 is 20.0 Å². The van der Waals surface area contributed by atoms with Crippen molar-refractivity contribution in [2.75, 3.05) is 26.2 Å². The molecule has 23 heavy (non-hydrogen) atoms. The van der Waals surface area contributed by atoms with E-state index in [1.807, 2.05) is 0 Å². The first-order valence-electron chi connectivity index (χ1n) is 8.20. The van der Waals surface area contributed by atoms with Gasteiger partial charge in [0.25, 0.3) is 5.91 Å². The Balaban J connectivity index is 1.69. The number of furan rings is 1. The number of nitrogens with zero attached hydrogens (tertiary/aromatic N) is 1. The van der Waals surface area contributed by atoms with Crippen LogP contribution in [0.15, 0.2) is 23.0 Å². The number of carbonyl (C=O) groups excluding carboxylic acids is 2. The third kappa shape index (κ3) is 5.39. The zero-order chi connectivity index (χ0) is 16.9. The highest BCUT2D eigenvalue weighted by Gasteiger charge is 2.26. The Morgan fingerprint density at radius 1 is 1.43 bits per heavy atom. The predicted octanol–water partition coefficient (Wildman–Crippen LogP) is 1.64. The molecule has 1 fully saturated rings. The number of rotatable bonds is 6. The lowest BCUT2D eigenvalue weighted by Gasteiger charge is -2.38. The Labute approximate surface area is 137 Å². The number of carbonyl (C=O) groups is 2. The van der Waals surface area contributed by atoms with Crippen molar-refractivity contribution in [1.82, 2.24) is 15.5 Å². The normalized spacial score (nSPS) is 19.1. The van der Waals surface area contributed by atoms with E-state index in [0.717, 1.165) is 19.6 Å². The van der Waals surface area contributed by atoms with Crippen molar-refractivity contribution in [3.8, 4) is 0 Å². The van der Waals surface area contributed by atoms with Gasteiger partial charge in [-0.1, -0.05) is 13.8 Å². The van der Waals surface area contributed by atoms with Crippen LogP contribution in [0, 0.1) is 5.41 Å². The fraction of sp³-hybridized carbons (Fsp3) is 0.647. The highest BCUT2D eigenvalue weighted by Crippen LogP contribution is 2.27.